The highest BCUT2D eigenvalue weighted by molar-refractivity contribution is 5.78. The monoisotopic (exact) mass is 144 g/mol. The van der Waals surface area contributed by atoms with E-state index in [1.165, 1.54) is 19.3 Å². The van der Waals surface area contributed by atoms with E-state index in [4.69, 9.17) is 0 Å². The number of ketones is 1. The van der Waals surface area contributed by atoms with Crippen molar-refractivity contribution in [2.45, 2.75) is 39.0 Å². The summed E-state index contributed by atoms with van der Waals surface area (Å²) in [5.74, 6) is 0.813. The Kier molecular flexibility index (Phi) is 4.28. The lowest BCUT2D eigenvalue weighted by atomic mass is 9.87. The quantitative estimate of drug-likeness (QED) is 0.547. The number of rotatable bonds is 1. The number of carbonyl (C=O) groups excluding carboxylic acids is 1. The van der Waals surface area contributed by atoms with Crippen LogP contribution in [0.1, 0.15) is 39.0 Å². The van der Waals surface area contributed by atoms with Crippen molar-refractivity contribution in [1.29, 1.82) is 0 Å². The van der Waals surface area contributed by atoms with Crippen molar-refractivity contribution in [3.8, 4) is 0 Å². The van der Waals surface area contributed by atoms with Crippen LogP contribution in [0.2, 0.25) is 0 Å². The van der Waals surface area contributed by atoms with Gasteiger partial charge >= 0.3 is 0 Å². The maximum absolute atomic E-state index is 10.8. The van der Waals surface area contributed by atoms with Gasteiger partial charge in [-0.2, -0.15) is 0 Å². The van der Waals surface area contributed by atoms with Crippen LogP contribution in [-0.4, -0.2) is 11.3 Å². The molecule has 0 unspecified atom stereocenters. The van der Waals surface area contributed by atoms with Crippen LogP contribution >= 0.6 is 0 Å². The molecule has 0 aromatic carbocycles. The molecule has 2 heteroatoms. The van der Waals surface area contributed by atoms with Gasteiger partial charge in [-0.05, 0) is 19.8 Å². The number of Topliss-reactive ketones (excluding diaryl/α,β-unsaturated/α-hetero) is 1. The van der Waals surface area contributed by atoms with Gasteiger partial charge in [-0.25, -0.2) is 0 Å². The summed E-state index contributed by atoms with van der Waals surface area (Å²) in [7, 11) is 0. The average molecular weight is 144 g/mol. The first kappa shape index (κ1) is 9.63. The van der Waals surface area contributed by atoms with Crippen LogP contribution in [-0.2, 0) is 4.79 Å². The molecule has 0 aromatic rings. The van der Waals surface area contributed by atoms with E-state index in [2.05, 4.69) is 0 Å². The van der Waals surface area contributed by atoms with Crippen LogP contribution in [0.4, 0.5) is 0 Å². The van der Waals surface area contributed by atoms with E-state index in [0.29, 0.717) is 11.7 Å². The first-order valence-electron chi connectivity index (χ1n) is 3.81. The summed E-state index contributed by atoms with van der Waals surface area (Å²) >= 11 is 0. The van der Waals surface area contributed by atoms with Crippen molar-refractivity contribution in [3.63, 3.8) is 0 Å². The molecule has 0 radical (unpaired) electrons. The van der Waals surface area contributed by atoms with Gasteiger partial charge in [0.2, 0.25) is 0 Å². The highest BCUT2D eigenvalue weighted by Crippen LogP contribution is 2.23. The Hall–Kier alpha value is -0.370. The second kappa shape index (κ2) is 4.45. The van der Waals surface area contributed by atoms with Gasteiger partial charge in [0.05, 0.1) is 0 Å². The molecule has 1 aliphatic carbocycles. The Morgan fingerprint density at radius 3 is 2.00 bits per heavy atom. The number of hydrogen-bond donors (Lipinski definition) is 0. The van der Waals surface area contributed by atoms with Crippen LogP contribution in [0, 0.1) is 5.92 Å². The topological polar surface area (TPSA) is 48.6 Å². The van der Waals surface area contributed by atoms with Crippen LogP contribution in [0.3, 0.4) is 0 Å². The third kappa shape index (κ3) is 2.48. The molecule has 2 nitrogen and oxygen atoms in total. The molecule has 0 saturated heterocycles. The lowest BCUT2D eigenvalue weighted by molar-refractivity contribution is -0.121. The van der Waals surface area contributed by atoms with Crippen molar-refractivity contribution in [3.05, 3.63) is 0 Å². The van der Waals surface area contributed by atoms with Crippen molar-refractivity contribution in [2.75, 3.05) is 0 Å². The Bertz CT molecular complexity index is 104. The molecular formula is C8H16O2. The zero-order chi connectivity index (χ0) is 6.69. The third-order valence-electron chi connectivity index (χ3n) is 2.18. The predicted molar refractivity (Wildman–Crippen MR) is 40.9 cm³/mol. The first-order chi connectivity index (χ1) is 4.30. The maximum Gasteiger partial charge on any atom is 0.132 e. The summed E-state index contributed by atoms with van der Waals surface area (Å²) < 4.78 is 0. The first-order valence-corrected chi connectivity index (χ1v) is 3.81. The molecule has 1 saturated carbocycles. The lowest BCUT2D eigenvalue weighted by Crippen LogP contribution is -2.13. The van der Waals surface area contributed by atoms with Gasteiger partial charge in [0, 0.05) is 5.92 Å². The van der Waals surface area contributed by atoms with E-state index in [9.17, 15) is 4.79 Å². The minimum atomic E-state index is 0. The van der Waals surface area contributed by atoms with E-state index in [0.717, 1.165) is 12.8 Å². The van der Waals surface area contributed by atoms with E-state index in [1.807, 2.05) is 0 Å². The average Bonchev–Trinajstić information content (AvgIpc) is 1.90. The summed E-state index contributed by atoms with van der Waals surface area (Å²) in [6.07, 6.45) is 6.17. The molecular weight excluding hydrogens is 128 g/mol. The molecule has 0 bridgehead atoms. The second-order valence-electron chi connectivity index (χ2n) is 2.95. The van der Waals surface area contributed by atoms with Crippen molar-refractivity contribution in [1.82, 2.24) is 0 Å². The Balaban J connectivity index is 0.000000810. The molecule has 0 heterocycles. The molecule has 0 atom stereocenters. The highest BCUT2D eigenvalue weighted by atomic mass is 16.1. The molecule has 0 aliphatic heterocycles. The van der Waals surface area contributed by atoms with Crippen molar-refractivity contribution in [2.24, 2.45) is 5.92 Å². The van der Waals surface area contributed by atoms with Gasteiger partial charge in [0.1, 0.15) is 5.78 Å². The number of carbonyl (C=O) groups is 1. The zero-order valence-corrected chi connectivity index (χ0v) is 6.52. The molecule has 1 fully saturated rings. The molecule has 0 spiro atoms. The minimum Gasteiger partial charge on any atom is -0.412 e. The van der Waals surface area contributed by atoms with Gasteiger partial charge in [-0.15, -0.1) is 0 Å². The Labute approximate surface area is 61.9 Å². The van der Waals surface area contributed by atoms with Gasteiger partial charge in [-0.1, -0.05) is 19.3 Å². The summed E-state index contributed by atoms with van der Waals surface area (Å²) in [4.78, 5) is 10.8. The van der Waals surface area contributed by atoms with Crippen LogP contribution in [0.15, 0.2) is 0 Å². The summed E-state index contributed by atoms with van der Waals surface area (Å²) in [6.45, 7) is 1.72. The highest BCUT2D eigenvalue weighted by Gasteiger charge is 2.16. The van der Waals surface area contributed by atoms with Gasteiger partial charge < -0.3 is 5.48 Å². The van der Waals surface area contributed by atoms with E-state index >= 15 is 0 Å². The number of hydrogen-bond acceptors (Lipinski definition) is 1. The largest absolute Gasteiger partial charge is 0.412 e. The predicted octanol–water partition coefficient (Wildman–Crippen LogP) is 1.33. The molecule has 1 aliphatic rings. The normalized spacial score (nSPS) is 19.7. The minimum absolute atomic E-state index is 0. The molecule has 10 heavy (non-hydrogen) atoms. The fraction of sp³-hybridized carbons (Fsp3) is 0.875. The van der Waals surface area contributed by atoms with Crippen LogP contribution in [0.25, 0.3) is 0 Å². The fourth-order valence-corrected chi connectivity index (χ4v) is 1.51. The summed E-state index contributed by atoms with van der Waals surface area (Å²) in [5.41, 5.74) is 0. The zero-order valence-electron chi connectivity index (χ0n) is 6.52. The van der Waals surface area contributed by atoms with Crippen molar-refractivity contribution < 1.29 is 10.3 Å². The second-order valence-corrected chi connectivity index (χ2v) is 2.95. The van der Waals surface area contributed by atoms with E-state index < -0.39 is 0 Å². The Morgan fingerprint density at radius 1 is 1.20 bits per heavy atom. The standard InChI is InChI=1S/C8H14O.H2O/c1-7(9)8-5-3-2-4-6-8;/h8H,2-6H2,1H3;1H2. The summed E-state index contributed by atoms with van der Waals surface area (Å²) in [5, 5.41) is 0. The van der Waals surface area contributed by atoms with E-state index in [1.54, 1.807) is 6.92 Å². The molecule has 0 amide bonds. The molecule has 2 N–H and O–H groups in total. The SMILES string of the molecule is CC(=O)C1CCCCC1.O. The maximum atomic E-state index is 10.8. The summed E-state index contributed by atoms with van der Waals surface area (Å²) in [6, 6.07) is 0. The van der Waals surface area contributed by atoms with E-state index in [-0.39, 0.29) is 5.48 Å². The molecule has 60 valence electrons. The Morgan fingerprint density at radius 2 is 1.70 bits per heavy atom. The van der Waals surface area contributed by atoms with Gasteiger partial charge in [0.25, 0.3) is 0 Å². The van der Waals surface area contributed by atoms with Crippen LogP contribution < -0.4 is 0 Å². The third-order valence-corrected chi connectivity index (χ3v) is 2.18. The smallest absolute Gasteiger partial charge is 0.132 e. The van der Waals surface area contributed by atoms with Gasteiger partial charge in [-0.3, -0.25) is 4.79 Å². The van der Waals surface area contributed by atoms with Crippen LogP contribution in [0.5, 0.6) is 0 Å². The molecule has 0 aromatic heterocycles. The fourth-order valence-electron chi connectivity index (χ4n) is 1.51. The molecule has 1 rings (SSSR count). The lowest BCUT2D eigenvalue weighted by Gasteiger charge is -2.17. The van der Waals surface area contributed by atoms with Crippen molar-refractivity contribution >= 4 is 5.78 Å². The van der Waals surface area contributed by atoms with Gasteiger partial charge in [0.15, 0.2) is 0 Å².